The second-order valence-corrected chi connectivity index (χ2v) is 9.10. The van der Waals surface area contributed by atoms with Crippen molar-refractivity contribution >= 4 is 22.7 Å². The molecule has 3 rings (SSSR count). The third-order valence-electron chi connectivity index (χ3n) is 6.24. The van der Waals surface area contributed by atoms with Crippen molar-refractivity contribution in [2.45, 2.75) is 84.0 Å². The third kappa shape index (κ3) is 9.82. The lowest BCUT2D eigenvalue weighted by atomic mass is 10.1. The zero-order valence-electron chi connectivity index (χ0n) is 20.5. The van der Waals surface area contributed by atoms with Gasteiger partial charge in [-0.3, -0.25) is 4.99 Å². The third-order valence-corrected chi connectivity index (χ3v) is 6.24. The smallest absolute Gasteiger partial charge is 0.119 e. The first-order valence-electron chi connectivity index (χ1n) is 13.1. The summed E-state index contributed by atoms with van der Waals surface area (Å²) in [5.74, 6) is 0.945. The fourth-order valence-electron chi connectivity index (χ4n) is 4.19. The van der Waals surface area contributed by atoms with Crippen LogP contribution in [0, 0.1) is 0 Å². The van der Waals surface area contributed by atoms with E-state index in [-0.39, 0.29) is 0 Å². The Morgan fingerprint density at radius 3 is 1.91 bits per heavy atom. The van der Waals surface area contributed by atoms with Gasteiger partial charge in [0.2, 0.25) is 0 Å². The Morgan fingerprint density at radius 2 is 1.24 bits per heavy atom. The molecule has 2 heteroatoms. The number of ether oxygens (including phenoxy) is 1. The summed E-state index contributed by atoms with van der Waals surface area (Å²) in [6, 6.07) is 22.9. The van der Waals surface area contributed by atoms with E-state index in [1.807, 2.05) is 18.3 Å². The van der Waals surface area contributed by atoms with Crippen LogP contribution in [-0.2, 0) is 0 Å². The summed E-state index contributed by atoms with van der Waals surface area (Å²) < 4.78 is 5.92. The Balaban J connectivity index is 1.25. The van der Waals surface area contributed by atoms with Gasteiger partial charge in [-0.2, -0.15) is 0 Å². The van der Waals surface area contributed by atoms with Crippen molar-refractivity contribution in [1.29, 1.82) is 0 Å². The van der Waals surface area contributed by atoms with Crippen molar-refractivity contribution in [3.8, 4) is 5.75 Å². The molecule has 3 aromatic carbocycles. The summed E-state index contributed by atoms with van der Waals surface area (Å²) in [5, 5.41) is 2.46. The van der Waals surface area contributed by atoms with Crippen molar-refractivity contribution in [2.75, 3.05) is 6.61 Å². The molecular formula is C31H41NO. The van der Waals surface area contributed by atoms with Gasteiger partial charge in [-0.25, -0.2) is 0 Å². The molecule has 0 radical (unpaired) electrons. The number of unbranched alkanes of at least 4 members (excludes halogenated alkanes) is 11. The van der Waals surface area contributed by atoms with E-state index in [1.54, 1.807) is 0 Å². The van der Waals surface area contributed by atoms with Gasteiger partial charge in [0.05, 0.1) is 12.3 Å². The number of hydrogen-bond acceptors (Lipinski definition) is 2. The molecule has 0 saturated carbocycles. The number of fused-ring (bicyclic) bond motifs is 1. The van der Waals surface area contributed by atoms with Gasteiger partial charge in [-0.1, -0.05) is 108 Å². The Bertz CT molecular complexity index is 945. The van der Waals surface area contributed by atoms with E-state index in [0.717, 1.165) is 30.0 Å². The van der Waals surface area contributed by atoms with Crippen molar-refractivity contribution in [3.63, 3.8) is 0 Å². The minimum absolute atomic E-state index is 0.807. The zero-order valence-corrected chi connectivity index (χ0v) is 20.5. The Morgan fingerprint density at radius 1 is 0.636 bits per heavy atom. The molecule has 0 aliphatic carbocycles. The number of aliphatic imine (C=N–C) groups is 1. The van der Waals surface area contributed by atoms with Gasteiger partial charge in [-0.05, 0) is 59.2 Å². The molecule has 176 valence electrons. The SMILES string of the molecule is CCCCCCCCCCCCCCOc1ccc(C=Nc2ccc3ccccc3c2)cc1. The standard InChI is InChI=1S/C31H41NO/c1-2-3-4-5-6-7-8-9-10-11-12-15-24-33-31-22-18-27(19-23-31)26-32-30-21-20-28-16-13-14-17-29(28)25-30/h13-14,16-23,25-26H,2-12,15,24H2,1H3. The molecule has 0 heterocycles. The number of nitrogens with zero attached hydrogens (tertiary/aromatic N) is 1. The molecule has 0 unspecified atom stereocenters. The Labute approximate surface area is 201 Å². The van der Waals surface area contributed by atoms with Gasteiger partial charge in [0.15, 0.2) is 0 Å². The molecule has 0 atom stereocenters. The summed E-state index contributed by atoms with van der Waals surface area (Å²) in [4.78, 5) is 4.63. The van der Waals surface area contributed by atoms with Crippen molar-refractivity contribution < 1.29 is 4.74 Å². The van der Waals surface area contributed by atoms with E-state index < -0.39 is 0 Å². The highest BCUT2D eigenvalue weighted by atomic mass is 16.5. The lowest BCUT2D eigenvalue weighted by Crippen LogP contribution is -1.97. The number of hydrogen-bond donors (Lipinski definition) is 0. The molecule has 0 saturated heterocycles. The molecule has 0 amide bonds. The molecule has 33 heavy (non-hydrogen) atoms. The maximum Gasteiger partial charge on any atom is 0.119 e. The summed E-state index contributed by atoms with van der Waals surface area (Å²) in [6.07, 6.45) is 18.3. The van der Waals surface area contributed by atoms with E-state index in [4.69, 9.17) is 4.74 Å². The molecule has 2 nitrogen and oxygen atoms in total. The first kappa shape index (κ1) is 25.0. The van der Waals surface area contributed by atoms with Crippen LogP contribution in [0.2, 0.25) is 0 Å². The predicted molar refractivity (Wildman–Crippen MR) is 144 cm³/mol. The lowest BCUT2D eigenvalue weighted by Gasteiger charge is -2.06. The van der Waals surface area contributed by atoms with Crippen molar-refractivity contribution in [3.05, 3.63) is 72.3 Å². The van der Waals surface area contributed by atoms with Gasteiger partial charge in [-0.15, -0.1) is 0 Å². The average molecular weight is 444 g/mol. The second-order valence-electron chi connectivity index (χ2n) is 9.10. The van der Waals surface area contributed by atoms with Gasteiger partial charge < -0.3 is 4.74 Å². The van der Waals surface area contributed by atoms with E-state index in [0.29, 0.717) is 0 Å². The topological polar surface area (TPSA) is 21.6 Å². The summed E-state index contributed by atoms with van der Waals surface area (Å²) in [5.41, 5.74) is 2.06. The first-order chi connectivity index (χ1) is 16.3. The van der Waals surface area contributed by atoms with E-state index in [2.05, 4.69) is 66.5 Å². The van der Waals surface area contributed by atoms with Crippen LogP contribution < -0.4 is 4.74 Å². The van der Waals surface area contributed by atoms with Crippen LogP contribution >= 0.6 is 0 Å². The van der Waals surface area contributed by atoms with Crippen LogP contribution in [0.25, 0.3) is 10.8 Å². The zero-order chi connectivity index (χ0) is 23.0. The molecule has 3 aromatic rings. The Kier molecular flexibility index (Phi) is 11.6. The highest BCUT2D eigenvalue weighted by molar-refractivity contribution is 5.87. The van der Waals surface area contributed by atoms with E-state index in [1.165, 1.54) is 81.4 Å². The molecule has 0 aliphatic rings. The van der Waals surface area contributed by atoms with Gasteiger partial charge in [0, 0.05) is 6.21 Å². The minimum Gasteiger partial charge on any atom is -0.494 e. The minimum atomic E-state index is 0.807. The fraction of sp³-hybridized carbons (Fsp3) is 0.452. The average Bonchev–Trinajstić information content (AvgIpc) is 2.86. The highest BCUT2D eigenvalue weighted by Crippen LogP contribution is 2.21. The van der Waals surface area contributed by atoms with Gasteiger partial charge >= 0.3 is 0 Å². The van der Waals surface area contributed by atoms with Crippen molar-refractivity contribution in [1.82, 2.24) is 0 Å². The monoisotopic (exact) mass is 443 g/mol. The second kappa shape index (κ2) is 15.3. The molecular weight excluding hydrogens is 402 g/mol. The summed E-state index contributed by atoms with van der Waals surface area (Å²) in [6.45, 7) is 3.09. The summed E-state index contributed by atoms with van der Waals surface area (Å²) in [7, 11) is 0. The molecule has 0 fully saturated rings. The molecule has 0 aromatic heterocycles. The molecule has 0 bridgehead atoms. The van der Waals surface area contributed by atoms with Crippen LogP contribution in [0.4, 0.5) is 5.69 Å². The summed E-state index contributed by atoms with van der Waals surface area (Å²) >= 11 is 0. The van der Waals surface area contributed by atoms with E-state index in [9.17, 15) is 0 Å². The quantitative estimate of drug-likeness (QED) is 0.159. The van der Waals surface area contributed by atoms with Crippen molar-refractivity contribution in [2.24, 2.45) is 4.99 Å². The van der Waals surface area contributed by atoms with Gasteiger partial charge in [0.25, 0.3) is 0 Å². The molecule has 0 aliphatic heterocycles. The number of rotatable bonds is 16. The largest absolute Gasteiger partial charge is 0.494 e. The van der Waals surface area contributed by atoms with Crippen LogP contribution in [0.1, 0.15) is 89.5 Å². The normalized spacial score (nSPS) is 11.4. The maximum absolute atomic E-state index is 5.92. The number of benzene rings is 3. The van der Waals surface area contributed by atoms with Gasteiger partial charge in [0.1, 0.15) is 5.75 Å². The molecule has 0 N–H and O–H groups in total. The van der Waals surface area contributed by atoms with E-state index >= 15 is 0 Å². The first-order valence-corrected chi connectivity index (χ1v) is 13.1. The lowest BCUT2D eigenvalue weighted by molar-refractivity contribution is 0.304. The van der Waals surface area contributed by atoms with Crippen LogP contribution in [-0.4, -0.2) is 12.8 Å². The van der Waals surface area contributed by atoms with Crippen LogP contribution in [0.5, 0.6) is 5.75 Å². The molecule has 0 spiro atoms. The van der Waals surface area contributed by atoms with Crippen LogP contribution in [0.15, 0.2) is 71.7 Å². The Hall–Kier alpha value is -2.61. The highest BCUT2D eigenvalue weighted by Gasteiger charge is 1.97. The maximum atomic E-state index is 5.92. The fourth-order valence-corrected chi connectivity index (χ4v) is 4.19. The van der Waals surface area contributed by atoms with Crippen LogP contribution in [0.3, 0.4) is 0 Å². The predicted octanol–water partition coefficient (Wildman–Crippen LogP) is 9.67.